The monoisotopic (exact) mass is 443 g/mol. The van der Waals surface area contributed by atoms with Gasteiger partial charge < -0.3 is 16.0 Å². The highest BCUT2D eigenvalue weighted by atomic mass is 19.4. The largest absolute Gasteiger partial charge is 0.416 e. The molecular weight excluding hydrogens is 419 g/mol. The predicted octanol–water partition coefficient (Wildman–Crippen LogP) is 4.39. The Hall–Kier alpha value is -3.36. The molecule has 1 aliphatic rings. The molecule has 2 aromatic carbocycles. The van der Waals surface area contributed by atoms with Crippen molar-refractivity contribution in [1.29, 1.82) is 0 Å². The number of halogens is 3. The summed E-state index contributed by atoms with van der Waals surface area (Å²) in [5, 5.41) is 4.19. The standard InChI is InChI=1S/C23H24F3N5O/c1-2-19-29-20-17(21(27)32)6-3-7-18(20)22(30-19)28-15-5-4-12-31(13-15)16-10-8-14(9-11-16)23(24,25)26/h3,6-11,15H,2,4-5,12-13H2,1H3,(H2,27,32)(H,28,29,30). The summed E-state index contributed by atoms with van der Waals surface area (Å²) in [5.74, 6) is 0.687. The lowest BCUT2D eigenvalue weighted by molar-refractivity contribution is -0.137. The molecule has 3 aromatic rings. The molecule has 32 heavy (non-hydrogen) atoms. The van der Waals surface area contributed by atoms with E-state index in [-0.39, 0.29) is 6.04 Å². The van der Waals surface area contributed by atoms with Gasteiger partial charge in [-0.1, -0.05) is 13.0 Å². The van der Waals surface area contributed by atoms with Gasteiger partial charge in [0.2, 0.25) is 0 Å². The minimum Gasteiger partial charge on any atom is -0.369 e. The number of amides is 1. The summed E-state index contributed by atoms with van der Waals surface area (Å²) >= 11 is 0. The summed E-state index contributed by atoms with van der Waals surface area (Å²) in [5.41, 5.74) is 6.49. The van der Waals surface area contributed by atoms with Crippen LogP contribution in [0.5, 0.6) is 0 Å². The van der Waals surface area contributed by atoms with Gasteiger partial charge in [0.25, 0.3) is 5.91 Å². The zero-order valence-corrected chi connectivity index (χ0v) is 17.6. The maximum atomic E-state index is 12.9. The van der Waals surface area contributed by atoms with Crippen LogP contribution in [0.4, 0.5) is 24.7 Å². The third kappa shape index (κ3) is 4.46. The molecule has 0 spiro atoms. The summed E-state index contributed by atoms with van der Waals surface area (Å²) in [6.45, 7) is 3.32. The van der Waals surface area contributed by atoms with E-state index in [0.29, 0.717) is 41.1 Å². The molecule has 6 nitrogen and oxygen atoms in total. The number of nitrogens with one attached hydrogen (secondary N) is 1. The van der Waals surface area contributed by atoms with Crippen molar-refractivity contribution in [2.24, 2.45) is 5.73 Å². The molecule has 4 rings (SSSR count). The van der Waals surface area contributed by atoms with Crippen molar-refractivity contribution in [3.63, 3.8) is 0 Å². The fourth-order valence-electron chi connectivity index (χ4n) is 4.05. The normalized spacial score (nSPS) is 16.9. The molecule has 1 amide bonds. The second kappa shape index (κ2) is 8.64. The van der Waals surface area contributed by atoms with Crippen molar-refractivity contribution in [2.45, 2.75) is 38.4 Å². The molecular formula is C23H24F3N5O. The summed E-state index contributed by atoms with van der Waals surface area (Å²) in [4.78, 5) is 23.1. The average molecular weight is 443 g/mol. The number of aromatic nitrogens is 2. The number of carbonyl (C=O) groups is 1. The smallest absolute Gasteiger partial charge is 0.369 e. The lowest BCUT2D eigenvalue weighted by atomic mass is 10.0. The summed E-state index contributed by atoms with van der Waals surface area (Å²) in [7, 11) is 0. The molecule has 0 saturated carbocycles. The van der Waals surface area contributed by atoms with E-state index >= 15 is 0 Å². The van der Waals surface area contributed by atoms with Gasteiger partial charge in [-0.25, -0.2) is 9.97 Å². The molecule has 0 bridgehead atoms. The third-order valence-electron chi connectivity index (χ3n) is 5.68. The number of alkyl halides is 3. The highest BCUT2D eigenvalue weighted by molar-refractivity contribution is 6.07. The Labute approximate surface area is 183 Å². The minimum atomic E-state index is -4.35. The van der Waals surface area contributed by atoms with Crippen LogP contribution in [0.15, 0.2) is 42.5 Å². The fraction of sp³-hybridized carbons (Fsp3) is 0.348. The number of nitrogens with zero attached hydrogens (tertiary/aromatic N) is 3. The Morgan fingerprint density at radius 1 is 1.19 bits per heavy atom. The molecule has 1 fully saturated rings. The molecule has 0 radical (unpaired) electrons. The van der Waals surface area contributed by atoms with E-state index in [1.54, 1.807) is 12.1 Å². The average Bonchev–Trinajstić information content (AvgIpc) is 2.78. The highest BCUT2D eigenvalue weighted by Crippen LogP contribution is 2.32. The van der Waals surface area contributed by atoms with E-state index in [2.05, 4.69) is 20.2 Å². The molecule has 1 unspecified atom stereocenters. The highest BCUT2D eigenvalue weighted by Gasteiger charge is 2.30. The lowest BCUT2D eigenvalue weighted by Gasteiger charge is -2.35. The van der Waals surface area contributed by atoms with Crippen LogP contribution in [-0.4, -0.2) is 35.0 Å². The van der Waals surface area contributed by atoms with Crippen LogP contribution in [-0.2, 0) is 12.6 Å². The number of nitrogens with two attached hydrogens (primary N) is 1. The zero-order valence-electron chi connectivity index (χ0n) is 17.6. The van der Waals surface area contributed by atoms with Crippen LogP contribution in [0, 0.1) is 0 Å². The first-order valence-corrected chi connectivity index (χ1v) is 10.5. The number of piperidine rings is 1. The number of hydrogen-bond donors (Lipinski definition) is 2. The van der Waals surface area contributed by atoms with Gasteiger partial charge >= 0.3 is 6.18 Å². The Kier molecular flexibility index (Phi) is 5.90. The van der Waals surface area contributed by atoms with Crippen LogP contribution < -0.4 is 16.0 Å². The third-order valence-corrected chi connectivity index (χ3v) is 5.68. The summed E-state index contributed by atoms with van der Waals surface area (Å²) in [6.07, 6.45) is -1.98. The van der Waals surface area contributed by atoms with Crippen molar-refractivity contribution < 1.29 is 18.0 Å². The van der Waals surface area contributed by atoms with Gasteiger partial charge in [0.15, 0.2) is 0 Å². The van der Waals surface area contributed by atoms with E-state index in [0.717, 1.165) is 37.2 Å². The Balaban J connectivity index is 1.59. The minimum absolute atomic E-state index is 0.0334. The molecule has 1 aromatic heterocycles. The van der Waals surface area contributed by atoms with Crippen LogP contribution in [0.3, 0.4) is 0 Å². The number of fused-ring (bicyclic) bond motifs is 1. The van der Waals surface area contributed by atoms with Gasteiger partial charge in [0.1, 0.15) is 11.6 Å². The van der Waals surface area contributed by atoms with Gasteiger partial charge in [-0.3, -0.25) is 4.79 Å². The summed E-state index contributed by atoms with van der Waals surface area (Å²) in [6, 6.07) is 10.5. The number of aryl methyl sites for hydroxylation is 1. The van der Waals surface area contributed by atoms with E-state index < -0.39 is 17.6 Å². The number of para-hydroxylation sites is 1. The van der Waals surface area contributed by atoms with E-state index in [1.807, 2.05) is 13.0 Å². The molecule has 1 aliphatic heterocycles. The molecule has 0 aliphatic carbocycles. The maximum absolute atomic E-state index is 12.9. The van der Waals surface area contributed by atoms with E-state index in [9.17, 15) is 18.0 Å². The maximum Gasteiger partial charge on any atom is 0.416 e. The van der Waals surface area contributed by atoms with Crippen molar-refractivity contribution in [3.8, 4) is 0 Å². The first-order chi connectivity index (χ1) is 15.3. The molecule has 2 heterocycles. The zero-order chi connectivity index (χ0) is 22.9. The fourth-order valence-corrected chi connectivity index (χ4v) is 4.05. The van der Waals surface area contributed by atoms with Gasteiger partial charge in [0.05, 0.1) is 16.6 Å². The van der Waals surface area contributed by atoms with Gasteiger partial charge in [-0.05, 0) is 49.2 Å². The van der Waals surface area contributed by atoms with Crippen LogP contribution in [0.25, 0.3) is 10.9 Å². The van der Waals surface area contributed by atoms with Gasteiger partial charge in [-0.2, -0.15) is 13.2 Å². The number of anilines is 2. The lowest BCUT2D eigenvalue weighted by Crippen LogP contribution is -2.42. The Bertz CT molecular complexity index is 1130. The number of benzene rings is 2. The van der Waals surface area contributed by atoms with Crippen LogP contribution >= 0.6 is 0 Å². The second-order valence-electron chi connectivity index (χ2n) is 7.88. The summed E-state index contributed by atoms with van der Waals surface area (Å²) < 4.78 is 38.6. The quantitative estimate of drug-likeness (QED) is 0.611. The molecule has 9 heteroatoms. The molecule has 3 N–H and O–H groups in total. The predicted molar refractivity (Wildman–Crippen MR) is 118 cm³/mol. The van der Waals surface area contributed by atoms with Crippen molar-refractivity contribution >= 4 is 28.3 Å². The van der Waals surface area contributed by atoms with E-state index in [1.165, 1.54) is 12.1 Å². The van der Waals surface area contributed by atoms with Crippen molar-refractivity contribution in [1.82, 2.24) is 9.97 Å². The van der Waals surface area contributed by atoms with Crippen molar-refractivity contribution in [3.05, 3.63) is 59.4 Å². The van der Waals surface area contributed by atoms with E-state index in [4.69, 9.17) is 5.73 Å². The van der Waals surface area contributed by atoms with Crippen LogP contribution in [0.2, 0.25) is 0 Å². The Morgan fingerprint density at radius 2 is 1.94 bits per heavy atom. The topological polar surface area (TPSA) is 84.1 Å². The number of rotatable bonds is 5. The first-order valence-electron chi connectivity index (χ1n) is 10.5. The molecule has 1 atom stereocenters. The number of primary amides is 1. The first kappa shape index (κ1) is 21.9. The second-order valence-corrected chi connectivity index (χ2v) is 7.88. The van der Waals surface area contributed by atoms with Gasteiger partial charge in [-0.15, -0.1) is 0 Å². The SMILES string of the molecule is CCc1nc(NC2CCCN(c3ccc(C(F)(F)F)cc3)C2)c2cccc(C(N)=O)c2n1. The molecule has 1 saturated heterocycles. The van der Waals surface area contributed by atoms with Gasteiger partial charge in [0, 0.05) is 36.6 Å². The number of hydrogen-bond acceptors (Lipinski definition) is 5. The van der Waals surface area contributed by atoms with Crippen LogP contribution in [0.1, 0.15) is 41.5 Å². The van der Waals surface area contributed by atoms with Crippen molar-refractivity contribution in [2.75, 3.05) is 23.3 Å². The number of carbonyl (C=O) groups excluding carboxylic acids is 1. The molecule has 168 valence electrons. The Morgan fingerprint density at radius 3 is 2.59 bits per heavy atom.